The predicted octanol–water partition coefficient (Wildman–Crippen LogP) is 4.91. The molecule has 1 heterocycles. The monoisotopic (exact) mass is 390 g/mol. The fourth-order valence-electron chi connectivity index (χ4n) is 2.91. The van der Waals surface area contributed by atoms with Crippen LogP contribution in [0.2, 0.25) is 0 Å². The number of anilines is 3. The summed E-state index contributed by atoms with van der Waals surface area (Å²) in [6.07, 6.45) is 2.17. The minimum atomic E-state index is -0.374. The van der Waals surface area contributed by atoms with Gasteiger partial charge in [-0.2, -0.15) is 4.98 Å². The normalized spacial score (nSPS) is 10.4. The second-order valence-corrected chi connectivity index (χ2v) is 6.78. The Morgan fingerprint density at radius 1 is 1.07 bits per heavy atom. The van der Waals surface area contributed by atoms with Crippen LogP contribution in [0.4, 0.5) is 17.5 Å². The van der Waals surface area contributed by atoms with Gasteiger partial charge in [-0.25, -0.2) is 9.78 Å². The molecule has 0 radical (unpaired) electrons. The number of hydrogen-bond acceptors (Lipinski definition) is 6. The molecule has 0 aliphatic rings. The molecule has 150 valence electrons. The molecule has 3 rings (SSSR count). The molecule has 3 aromatic rings. The number of unbranched alkanes of at least 4 members (excludes halogenated alkanes) is 1. The highest BCUT2D eigenvalue weighted by Gasteiger charge is 2.12. The van der Waals surface area contributed by atoms with Crippen molar-refractivity contribution in [3.63, 3.8) is 0 Å². The van der Waals surface area contributed by atoms with Crippen LogP contribution in [0.25, 0.3) is 11.3 Å². The van der Waals surface area contributed by atoms with E-state index >= 15 is 0 Å². The van der Waals surface area contributed by atoms with Crippen LogP contribution in [0.15, 0.2) is 60.7 Å². The summed E-state index contributed by atoms with van der Waals surface area (Å²) in [5.74, 6) is 0.951. The van der Waals surface area contributed by atoms with Crippen molar-refractivity contribution >= 4 is 23.4 Å². The summed E-state index contributed by atoms with van der Waals surface area (Å²) in [5, 5.41) is 3.30. The maximum absolute atomic E-state index is 11.8. The summed E-state index contributed by atoms with van der Waals surface area (Å²) in [6.45, 7) is 3.04. The molecule has 29 heavy (non-hydrogen) atoms. The maximum Gasteiger partial charge on any atom is 0.337 e. The third-order valence-electron chi connectivity index (χ3n) is 4.53. The van der Waals surface area contributed by atoms with Crippen molar-refractivity contribution in [2.24, 2.45) is 0 Å². The first-order valence-electron chi connectivity index (χ1n) is 9.71. The van der Waals surface area contributed by atoms with Gasteiger partial charge in [0.15, 0.2) is 0 Å². The molecule has 0 fully saturated rings. The van der Waals surface area contributed by atoms with Crippen molar-refractivity contribution < 1.29 is 9.53 Å². The third-order valence-corrected chi connectivity index (χ3v) is 4.53. The Bertz CT molecular complexity index is 960. The number of benzene rings is 2. The van der Waals surface area contributed by atoms with Gasteiger partial charge in [0, 0.05) is 30.9 Å². The molecule has 0 spiro atoms. The van der Waals surface area contributed by atoms with E-state index in [4.69, 9.17) is 9.72 Å². The zero-order valence-electron chi connectivity index (χ0n) is 17.1. The highest BCUT2D eigenvalue weighted by molar-refractivity contribution is 5.90. The highest BCUT2D eigenvalue weighted by atomic mass is 16.5. The lowest BCUT2D eigenvalue weighted by molar-refractivity contribution is 0.0601. The van der Waals surface area contributed by atoms with Gasteiger partial charge in [-0.1, -0.05) is 49.7 Å². The second kappa shape index (κ2) is 9.68. The number of rotatable bonds is 8. The van der Waals surface area contributed by atoms with Crippen molar-refractivity contribution in [1.29, 1.82) is 0 Å². The average Bonchev–Trinajstić information content (AvgIpc) is 2.77. The van der Waals surface area contributed by atoms with Crippen molar-refractivity contribution in [3.8, 4) is 11.3 Å². The molecule has 0 bridgehead atoms. The molecule has 1 N–H and O–H groups in total. The summed E-state index contributed by atoms with van der Waals surface area (Å²) in [5.41, 5.74) is 3.10. The van der Waals surface area contributed by atoms with E-state index in [1.807, 2.05) is 55.6 Å². The van der Waals surface area contributed by atoms with E-state index in [2.05, 4.69) is 22.1 Å². The number of nitrogens with one attached hydrogen (secondary N) is 1. The number of esters is 1. The molecule has 0 atom stereocenters. The van der Waals surface area contributed by atoms with E-state index in [0.29, 0.717) is 17.3 Å². The molecule has 0 aliphatic heterocycles. The Kier molecular flexibility index (Phi) is 6.79. The molecule has 0 aliphatic carbocycles. The van der Waals surface area contributed by atoms with Gasteiger partial charge in [0.25, 0.3) is 0 Å². The second-order valence-electron chi connectivity index (χ2n) is 6.78. The van der Waals surface area contributed by atoms with Gasteiger partial charge in [-0.05, 0) is 24.6 Å². The van der Waals surface area contributed by atoms with Crippen LogP contribution in [-0.4, -0.2) is 36.6 Å². The molecule has 0 amide bonds. The van der Waals surface area contributed by atoms with E-state index in [0.717, 1.165) is 36.3 Å². The van der Waals surface area contributed by atoms with Gasteiger partial charge in [0.05, 0.1) is 18.4 Å². The van der Waals surface area contributed by atoms with Gasteiger partial charge in [-0.3, -0.25) is 0 Å². The van der Waals surface area contributed by atoms with Crippen LogP contribution in [0.3, 0.4) is 0 Å². The number of carbonyl (C=O) groups is 1. The van der Waals surface area contributed by atoms with Gasteiger partial charge in [0.2, 0.25) is 5.95 Å². The molecule has 6 nitrogen and oxygen atoms in total. The average molecular weight is 390 g/mol. The number of carbonyl (C=O) groups excluding carboxylic acids is 1. The number of nitrogens with zero attached hydrogens (tertiary/aromatic N) is 3. The molecule has 0 saturated carbocycles. The van der Waals surface area contributed by atoms with Gasteiger partial charge >= 0.3 is 5.97 Å². The standard InChI is InChI=1S/C23H26N4O2/c1-4-5-14-27(2)23-25-20(17-10-7-6-8-11-17)16-21(26-23)24-19-13-9-12-18(15-19)22(28)29-3/h6-13,15-16H,4-5,14H2,1-3H3,(H,24,25,26). The maximum atomic E-state index is 11.8. The molecule has 0 saturated heterocycles. The lowest BCUT2D eigenvalue weighted by Crippen LogP contribution is -2.21. The fraction of sp³-hybridized carbons (Fsp3) is 0.261. The minimum Gasteiger partial charge on any atom is -0.465 e. The smallest absolute Gasteiger partial charge is 0.337 e. The number of methoxy groups -OCH3 is 1. The summed E-state index contributed by atoms with van der Waals surface area (Å²) in [6, 6.07) is 19.1. The van der Waals surface area contributed by atoms with E-state index < -0.39 is 0 Å². The predicted molar refractivity (Wildman–Crippen MR) is 117 cm³/mol. The van der Waals surface area contributed by atoms with Crippen molar-refractivity contribution in [2.75, 3.05) is 30.9 Å². The van der Waals surface area contributed by atoms with Crippen LogP contribution in [0.1, 0.15) is 30.1 Å². The van der Waals surface area contributed by atoms with Gasteiger partial charge in [0.1, 0.15) is 5.82 Å². The van der Waals surface area contributed by atoms with Crippen LogP contribution in [0.5, 0.6) is 0 Å². The quantitative estimate of drug-likeness (QED) is 0.551. The topological polar surface area (TPSA) is 67.4 Å². The summed E-state index contributed by atoms with van der Waals surface area (Å²) >= 11 is 0. The van der Waals surface area contributed by atoms with Crippen LogP contribution < -0.4 is 10.2 Å². The first kappa shape index (κ1) is 20.3. The molecular weight excluding hydrogens is 364 g/mol. The van der Waals surface area contributed by atoms with Crippen molar-refractivity contribution in [3.05, 3.63) is 66.2 Å². The zero-order chi connectivity index (χ0) is 20.6. The highest BCUT2D eigenvalue weighted by Crippen LogP contribution is 2.25. The Balaban J connectivity index is 1.96. The lowest BCUT2D eigenvalue weighted by Gasteiger charge is -2.19. The summed E-state index contributed by atoms with van der Waals surface area (Å²) in [4.78, 5) is 23.3. The van der Waals surface area contributed by atoms with E-state index in [1.54, 1.807) is 12.1 Å². The van der Waals surface area contributed by atoms with E-state index in [9.17, 15) is 4.79 Å². The number of aromatic nitrogens is 2. The number of ether oxygens (including phenoxy) is 1. The largest absolute Gasteiger partial charge is 0.465 e. The summed E-state index contributed by atoms with van der Waals surface area (Å²) in [7, 11) is 3.37. The van der Waals surface area contributed by atoms with Gasteiger partial charge in [-0.15, -0.1) is 0 Å². The zero-order valence-corrected chi connectivity index (χ0v) is 17.1. The lowest BCUT2D eigenvalue weighted by atomic mass is 10.1. The Morgan fingerprint density at radius 3 is 2.59 bits per heavy atom. The molecule has 1 aromatic heterocycles. The Morgan fingerprint density at radius 2 is 1.86 bits per heavy atom. The molecule has 0 unspecified atom stereocenters. The van der Waals surface area contributed by atoms with Crippen molar-refractivity contribution in [1.82, 2.24) is 9.97 Å². The van der Waals surface area contributed by atoms with Crippen molar-refractivity contribution in [2.45, 2.75) is 19.8 Å². The van der Waals surface area contributed by atoms with Crippen LogP contribution in [0, 0.1) is 0 Å². The number of hydrogen-bond donors (Lipinski definition) is 1. The first-order valence-corrected chi connectivity index (χ1v) is 9.71. The Labute approximate surface area is 171 Å². The van der Waals surface area contributed by atoms with E-state index in [-0.39, 0.29) is 5.97 Å². The summed E-state index contributed by atoms with van der Waals surface area (Å²) < 4.78 is 4.81. The molecule has 2 aromatic carbocycles. The third kappa shape index (κ3) is 5.31. The van der Waals surface area contributed by atoms with Crippen LogP contribution in [-0.2, 0) is 4.74 Å². The Hall–Kier alpha value is -3.41. The van der Waals surface area contributed by atoms with Crippen LogP contribution >= 0.6 is 0 Å². The van der Waals surface area contributed by atoms with E-state index in [1.165, 1.54) is 7.11 Å². The molecule has 6 heteroatoms. The van der Waals surface area contributed by atoms with Gasteiger partial charge < -0.3 is 15.0 Å². The molecular formula is C23H26N4O2. The minimum absolute atomic E-state index is 0.374. The fourth-order valence-corrected chi connectivity index (χ4v) is 2.91. The SMILES string of the molecule is CCCCN(C)c1nc(Nc2cccc(C(=O)OC)c2)cc(-c2ccccc2)n1. The first-order chi connectivity index (χ1) is 14.1.